The molecule has 0 bridgehead atoms. The first-order valence-corrected chi connectivity index (χ1v) is 7.01. The van der Waals surface area contributed by atoms with Gasteiger partial charge in [-0.05, 0) is 12.3 Å². The van der Waals surface area contributed by atoms with Crippen LogP contribution in [0.3, 0.4) is 0 Å². The highest BCUT2D eigenvalue weighted by Crippen LogP contribution is 2.26. The second kappa shape index (κ2) is 6.29. The van der Waals surface area contributed by atoms with Gasteiger partial charge in [-0.1, -0.05) is 27.7 Å². The molecule has 5 heteroatoms. The summed E-state index contributed by atoms with van der Waals surface area (Å²) in [7, 11) is 0. The Morgan fingerprint density at radius 3 is 2.72 bits per heavy atom. The minimum Gasteiger partial charge on any atom is -0.396 e. The Morgan fingerprint density at radius 1 is 1.56 bits per heavy atom. The van der Waals surface area contributed by atoms with E-state index in [9.17, 15) is 4.79 Å². The van der Waals surface area contributed by atoms with E-state index < -0.39 is 0 Å². The number of hydrogen-bond donors (Lipinski definition) is 2. The number of carbonyl (C=O) groups is 1. The van der Waals surface area contributed by atoms with Crippen molar-refractivity contribution in [3.05, 3.63) is 16.1 Å². The Morgan fingerprint density at radius 2 is 2.22 bits per heavy atom. The summed E-state index contributed by atoms with van der Waals surface area (Å²) in [6.07, 6.45) is 2.34. The van der Waals surface area contributed by atoms with Crippen molar-refractivity contribution in [2.75, 3.05) is 13.2 Å². The highest BCUT2D eigenvalue weighted by Gasteiger charge is 2.20. The van der Waals surface area contributed by atoms with E-state index in [1.165, 1.54) is 11.3 Å². The maximum Gasteiger partial charge on any atom is 0.263 e. The quantitative estimate of drug-likeness (QED) is 0.862. The van der Waals surface area contributed by atoms with E-state index in [1.807, 2.05) is 6.92 Å². The molecular weight excluding hydrogens is 248 g/mol. The third kappa shape index (κ3) is 4.38. The Balaban J connectivity index is 2.55. The van der Waals surface area contributed by atoms with E-state index in [-0.39, 0.29) is 23.8 Å². The average Bonchev–Trinajstić information content (AvgIpc) is 2.75. The lowest BCUT2D eigenvalue weighted by atomic mass is 9.98. The molecule has 0 saturated carbocycles. The number of thiazole rings is 1. The molecule has 0 saturated heterocycles. The first kappa shape index (κ1) is 15.1. The third-order valence-electron chi connectivity index (χ3n) is 2.60. The van der Waals surface area contributed by atoms with Gasteiger partial charge >= 0.3 is 0 Å². The van der Waals surface area contributed by atoms with E-state index in [0.717, 1.165) is 5.01 Å². The Labute approximate surface area is 112 Å². The van der Waals surface area contributed by atoms with Gasteiger partial charge in [0.15, 0.2) is 0 Å². The van der Waals surface area contributed by atoms with Crippen molar-refractivity contribution in [2.24, 2.45) is 5.92 Å². The lowest BCUT2D eigenvalue weighted by molar-refractivity contribution is 0.0949. The van der Waals surface area contributed by atoms with Crippen molar-refractivity contribution >= 4 is 17.2 Å². The zero-order valence-electron chi connectivity index (χ0n) is 11.5. The van der Waals surface area contributed by atoms with Gasteiger partial charge < -0.3 is 10.4 Å². The number of aromatic nitrogens is 1. The van der Waals surface area contributed by atoms with Crippen molar-refractivity contribution in [1.29, 1.82) is 0 Å². The molecule has 0 aromatic carbocycles. The number of carbonyl (C=O) groups excluding carboxylic acids is 1. The van der Waals surface area contributed by atoms with Crippen molar-refractivity contribution < 1.29 is 9.90 Å². The zero-order chi connectivity index (χ0) is 13.8. The number of rotatable bonds is 5. The van der Waals surface area contributed by atoms with Crippen molar-refractivity contribution in [3.63, 3.8) is 0 Å². The molecule has 0 aliphatic heterocycles. The van der Waals surface area contributed by atoms with Gasteiger partial charge in [-0.25, -0.2) is 4.98 Å². The number of hydrogen-bond acceptors (Lipinski definition) is 4. The van der Waals surface area contributed by atoms with Crippen LogP contribution < -0.4 is 5.32 Å². The third-order valence-corrected chi connectivity index (χ3v) is 4.03. The van der Waals surface area contributed by atoms with Crippen molar-refractivity contribution in [3.8, 4) is 0 Å². The number of nitrogens with one attached hydrogen (secondary N) is 1. The predicted molar refractivity (Wildman–Crippen MR) is 74.0 cm³/mol. The lowest BCUT2D eigenvalue weighted by Crippen LogP contribution is -2.28. The molecule has 0 spiro atoms. The Bertz CT molecular complexity index is 396. The van der Waals surface area contributed by atoms with E-state index in [2.05, 4.69) is 31.1 Å². The summed E-state index contributed by atoms with van der Waals surface area (Å²) in [5.41, 5.74) is -0.0205. The topological polar surface area (TPSA) is 62.2 Å². The molecule has 4 nitrogen and oxygen atoms in total. The number of aliphatic hydroxyl groups excluding tert-OH is 1. The summed E-state index contributed by atoms with van der Waals surface area (Å²) in [5.74, 6) is 0.210. The fourth-order valence-electron chi connectivity index (χ4n) is 1.40. The molecule has 0 radical (unpaired) electrons. The molecule has 0 fully saturated rings. The van der Waals surface area contributed by atoms with E-state index in [0.29, 0.717) is 17.8 Å². The standard InChI is InChI=1S/C13H22N2O2S/c1-9(5-6-16)7-14-11(17)10-8-15-12(18-10)13(2,3)4/h8-9,16H,5-7H2,1-4H3,(H,14,17). The molecule has 0 aliphatic rings. The summed E-state index contributed by atoms with van der Waals surface area (Å²) >= 11 is 1.44. The normalized spacial score (nSPS) is 13.4. The first-order chi connectivity index (χ1) is 8.34. The van der Waals surface area contributed by atoms with Crippen LogP contribution in [-0.4, -0.2) is 29.1 Å². The monoisotopic (exact) mass is 270 g/mol. The number of aliphatic hydroxyl groups is 1. The van der Waals surface area contributed by atoms with Gasteiger partial charge in [0, 0.05) is 18.6 Å². The zero-order valence-corrected chi connectivity index (χ0v) is 12.3. The fourth-order valence-corrected chi connectivity index (χ4v) is 2.29. The van der Waals surface area contributed by atoms with Crippen LogP contribution in [0.1, 0.15) is 48.8 Å². The van der Waals surface area contributed by atoms with Gasteiger partial charge in [-0.3, -0.25) is 4.79 Å². The molecule has 1 heterocycles. The van der Waals surface area contributed by atoms with Gasteiger partial charge in [-0.15, -0.1) is 11.3 Å². The van der Waals surface area contributed by atoms with E-state index in [1.54, 1.807) is 6.20 Å². The second-order valence-corrected chi connectivity index (χ2v) is 6.64. The van der Waals surface area contributed by atoms with Gasteiger partial charge in [0.05, 0.1) is 11.2 Å². The first-order valence-electron chi connectivity index (χ1n) is 6.20. The van der Waals surface area contributed by atoms with Gasteiger partial charge in [0.25, 0.3) is 5.91 Å². The minimum atomic E-state index is -0.0761. The SMILES string of the molecule is CC(CCO)CNC(=O)c1cnc(C(C)(C)C)s1. The van der Waals surface area contributed by atoms with Crippen LogP contribution in [0.2, 0.25) is 0 Å². The summed E-state index contributed by atoms with van der Waals surface area (Å²) in [6.45, 7) is 8.99. The van der Waals surface area contributed by atoms with Gasteiger partial charge in [-0.2, -0.15) is 0 Å². The summed E-state index contributed by atoms with van der Waals surface area (Å²) in [6, 6.07) is 0. The molecule has 1 aromatic heterocycles. The van der Waals surface area contributed by atoms with Crippen LogP contribution in [0.5, 0.6) is 0 Å². The summed E-state index contributed by atoms with van der Waals surface area (Å²) < 4.78 is 0. The Kier molecular flexibility index (Phi) is 5.28. The van der Waals surface area contributed by atoms with Crippen LogP contribution in [0.25, 0.3) is 0 Å². The summed E-state index contributed by atoms with van der Waals surface area (Å²) in [5, 5.41) is 12.6. The number of nitrogens with zero attached hydrogens (tertiary/aromatic N) is 1. The molecule has 2 N–H and O–H groups in total. The minimum absolute atomic E-state index is 0.0205. The Hall–Kier alpha value is -0.940. The van der Waals surface area contributed by atoms with Crippen LogP contribution in [0.15, 0.2) is 6.20 Å². The van der Waals surface area contributed by atoms with Crippen LogP contribution in [-0.2, 0) is 5.41 Å². The fraction of sp³-hybridized carbons (Fsp3) is 0.692. The van der Waals surface area contributed by atoms with Crippen LogP contribution in [0, 0.1) is 5.92 Å². The molecule has 1 unspecified atom stereocenters. The van der Waals surface area contributed by atoms with E-state index in [4.69, 9.17) is 5.11 Å². The highest BCUT2D eigenvalue weighted by molar-refractivity contribution is 7.13. The lowest BCUT2D eigenvalue weighted by Gasteiger charge is -2.13. The van der Waals surface area contributed by atoms with Gasteiger partial charge in [0.1, 0.15) is 4.88 Å². The predicted octanol–water partition coefficient (Wildman–Crippen LogP) is 2.19. The maximum absolute atomic E-state index is 11.9. The van der Waals surface area contributed by atoms with E-state index >= 15 is 0 Å². The second-order valence-electron chi connectivity index (χ2n) is 5.61. The molecule has 1 aromatic rings. The van der Waals surface area contributed by atoms with Crippen molar-refractivity contribution in [2.45, 2.75) is 39.5 Å². The van der Waals surface area contributed by atoms with Crippen molar-refractivity contribution in [1.82, 2.24) is 10.3 Å². The molecule has 1 amide bonds. The molecule has 1 rings (SSSR count). The van der Waals surface area contributed by atoms with Crippen LogP contribution in [0.4, 0.5) is 0 Å². The molecule has 1 atom stereocenters. The van der Waals surface area contributed by atoms with Gasteiger partial charge in [0.2, 0.25) is 0 Å². The molecule has 102 valence electrons. The molecule has 0 aliphatic carbocycles. The molecular formula is C13H22N2O2S. The highest BCUT2D eigenvalue weighted by atomic mass is 32.1. The number of amides is 1. The largest absolute Gasteiger partial charge is 0.396 e. The maximum atomic E-state index is 11.9. The smallest absolute Gasteiger partial charge is 0.263 e. The average molecular weight is 270 g/mol. The van der Waals surface area contributed by atoms with Crippen LogP contribution >= 0.6 is 11.3 Å². The molecule has 18 heavy (non-hydrogen) atoms. The summed E-state index contributed by atoms with van der Waals surface area (Å²) in [4.78, 5) is 16.8.